The quantitative estimate of drug-likeness (QED) is 0.343. The fourth-order valence-corrected chi connectivity index (χ4v) is 2.02. The first-order chi connectivity index (χ1) is 10.1. The van der Waals surface area contributed by atoms with E-state index in [1.54, 1.807) is 24.3 Å². The Balaban J connectivity index is 2.21. The predicted molar refractivity (Wildman–Crippen MR) is 77.4 cm³/mol. The molecule has 4 N–H and O–H groups in total. The maximum Gasteiger partial charge on any atom is 0.149 e. The molecule has 1 unspecified atom stereocenters. The summed E-state index contributed by atoms with van der Waals surface area (Å²) in [6.45, 7) is 0.0950. The molecule has 0 saturated heterocycles. The van der Waals surface area contributed by atoms with Crippen molar-refractivity contribution in [2.45, 2.75) is 5.92 Å². The number of rotatable bonds is 5. The van der Waals surface area contributed by atoms with Crippen LogP contribution in [0.4, 0.5) is 14.5 Å². The van der Waals surface area contributed by atoms with Crippen molar-refractivity contribution < 1.29 is 14.0 Å². The molecular formula is C15H15F2N3O. The van der Waals surface area contributed by atoms with Crippen molar-refractivity contribution in [3.8, 4) is 0 Å². The number of para-hydroxylation sites is 1. The van der Waals surface area contributed by atoms with Crippen LogP contribution < -0.4 is 11.1 Å². The van der Waals surface area contributed by atoms with Crippen LogP contribution in [-0.2, 0) is 0 Å². The molecule has 0 aliphatic carbocycles. The summed E-state index contributed by atoms with van der Waals surface area (Å²) in [5, 5.41) is 14.5. The van der Waals surface area contributed by atoms with E-state index in [0.717, 1.165) is 17.7 Å². The molecule has 0 radical (unpaired) electrons. The summed E-state index contributed by atoms with van der Waals surface area (Å²) in [6, 6.07) is 12.6. The monoisotopic (exact) mass is 291 g/mol. The number of amidine groups is 1. The highest BCUT2D eigenvalue weighted by molar-refractivity contribution is 5.87. The summed E-state index contributed by atoms with van der Waals surface area (Å²) in [4.78, 5) is 0. The van der Waals surface area contributed by atoms with Gasteiger partial charge in [-0.1, -0.05) is 41.6 Å². The lowest BCUT2D eigenvalue weighted by Crippen LogP contribution is -2.28. The van der Waals surface area contributed by atoms with Crippen LogP contribution in [0.1, 0.15) is 11.5 Å². The van der Waals surface area contributed by atoms with Gasteiger partial charge < -0.3 is 16.3 Å². The Hall–Kier alpha value is -2.63. The molecule has 1 atom stereocenters. The lowest BCUT2D eigenvalue weighted by atomic mass is 9.98. The molecule has 6 heteroatoms. The van der Waals surface area contributed by atoms with Crippen molar-refractivity contribution in [1.29, 1.82) is 0 Å². The lowest BCUT2D eigenvalue weighted by molar-refractivity contribution is 0.316. The zero-order valence-corrected chi connectivity index (χ0v) is 11.1. The summed E-state index contributed by atoms with van der Waals surface area (Å²) in [7, 11) is 0. The van der Waals surface area contributed by atoms with E-state index < -0.39 is 17.6 Å². The molecule has 0 amide bonds. The number of anilines is 1. The highest BCUT2D eigenvalue weighted by Gasteiger charge is 2.18. The third kappa shape index (κ3) is 3.47. The third-order valence-electron chi connectivity index (χ3n) is 3.12. The summed E-state index contributed by atoms with van der Waals surface area (Å²) in [6.07, 6.45) is 0. The third-order valence-corrected chi connectivity index (χ3v) is 3.12. The average molecular weight is 291 g/mol. The van der Waals surface area contributed by atoms with E-state index in [2.05, 4.69) is 10.5 Å². The van der Waals surface area contributed by atoms with Gasteiger partial charge in [-0.15, -0.1) is 0 Å². The second kappa shape index (κ2) is 6.69. The molecular weight excluding hydrogens is 276 g/mol. The number of nitrogens with two attached hydrogens (primary N) is 1. The highest BCUT2D eigenvalue weighted by atomic mass is 19.1. The highest BCUT2D eigenvalue weighted by Crippen LogP contribution is 2.21. The Bertz CT molecular complexity index is 612. The number of nitrogens with one attached hydrogen (secondary N) is 1. The van der Waals surface area contributed by atoms with Gasteiger partial charge in [-0.25, -0.2) is 8.78 Å². The van der Waals surface area contributed by atoms with Gasteiger partial charge in [-0.05, 0) is 17.7 Å². The van der Waals surface area contributed by atoms with E-state index in [0.29, 0.717) is 0 Å². The molecule has 2 aromatic carbocycles. The Labute approximate surface area is 120 Å². The molecule has 0 aromatic heterocycles. The van der Waals surface area contributed by atoms with Gasteiger partial charge >= 0.3 is 0 Å². The number of halogens is 2. The van der Waals surface area contributed by atoms with E-state index >= 15 is 0 Å². The van der Waals surface area contributed by atoms with E-state index in [1.165, 1.54) is 6.07 Å². The van der Waals surface area contributed by atoms with Crippen LogP contribution in [0.25, 0.3) is 0 Å². The van der Waals surface area contributed by atoms with Gasteiger partial charge in [-0.3, -0.25) is 0 Å². The van der Waals surface area contributed by atoms with Crippen molar-refractivity contribution in [3.63, 3.8) is 0 Å². The standard InChI is InChI=1S/C15H15F2N3O/c16-12-7-4-8-13(17)14(12)19-9-11(15(18)20-21)10-5-2-1-3-6-10/h1-8,11,19,21H,9H2,(H2,18,20). The van der Waals surface area contributed by atoms with Crippen molar-refractivity contribution in [2.75, 3.05) is 11.9 Å². The molecule has 0 spiro atoms. The Morgan fingerprint density at radius 1 is 1.10 bits per heavy atom. The normalized spacial score (nSPS) is 13.0. The number of hydrogen-bond acceptors (Lipinski definition) is 3. The minimum absolute atomic E-state index is 0.0366. The molecule has 110 valence electrons. The molecule has 0 bridgehead atoms. The van der Waals surface area contributed by atoms with Gasteiger partial charge in [0.15, 0.2) is 0 Å². The van der Waals surface area contributed by atoms with Crippen molar-refractivity contribution in [2.24, 2.45) is 10.9 Å². The van der Waals surface area contributed by atoms with Gasteiger partial charge in [0.25, 0.3) is 0 Å². The lowest BCUT2D eigenvalue weighted by Gasteiger charge is -2.18. The summed E-state index contributed by atoms with van der Waals surface area (Å²) in [5.74, 6) is -1.93. The molecule has 0 aliphatic heterocycles. The van der Waals surface area contributed by atoms with Crippen LogP contribution in [-0.4, -0.2) is 17.6 Å². The SMILES string of the molecule is NC(=NO)C(CNc1c(F)cccc1F)c1ccccc1. The number of hydrogen-bond donors (Lipinski definition) is 3. The Morgan fingerprint density at radius 2 is 1.71 bits per heavy atom. The summed E-state index contributed by atoms with van der Waals surface area (Å²) >= 11 is 0. The summed E-state index contributed by atoms with van der Waals surface area (Å²) < 4.78 is 27.1. The van der Waals surface area contributed by atoms with Crippen LogP contribution in [0, 0.1) is 11.6 Å². The molecule has 0 fully saturated rings. The molecule has 4 nitrogen and oxygen atoms in total. The first kappa shape index (κ1) is 14.8. The van der Waals surface area contributed by atoms with Crippen LogP contribution >= 0.6 is 0 Å². The molecule has 0 saturated carbocycles. The smallest absolute Gasteiger partial charge is 0.149 e. The van der Waals surface area contributed by atoms with Crippen LogP contribution in [0.3, 0.4) is 0 Å². The van der Waals surface area contributed by atoms with Gasteiger partial charge in [0, 0.05) is 6.54 Å². The zero-order valence-electron chi connectivity index (χ0n) is 11.1. The number of benzene rings is 2. The maximum absolute atomic E-state index is 13.6. The topological polar surface area (TPSA) is 70.6 Å². The first-order valence-corrected chi connectivity index (χ1v) is 6.33. The van der Waals surface area contributed by atoms with Gasteiger partial charge in [0.2, 0.25) is 0 Å². The van der Waals surface area contributed by atoms with E-state index in [-0.39, 0.29) is 18.1 Å². The van der Waals surface area contributed by atoms with Crippen molar-refractivity contribution >= 4 is 11.5 Å². The Kier molecular flexibility index (Phi) is 4.71. The van der Waals surface area contributed by atoms with E-state index in [4.69, 9.17) is 10.9 Å². The molecule has 0 aliphatic rings. The van der Waals surface area contributed by atoms with Crippen LogP contribution in [0.15, 0.2) is 53.7 Å². The zero-order chi connectivity index (χ0) is 15.2. The second-order valence-electron chi connectivity index (χ2n) is 4.47. The van der Waals surface area contributed by atoms with Crippen molar-refractivity contribution in [3.05, 3.63) is 65.7 Å². The number of oxime groups is 1. The molecule has 2 aromatic rings. The van der Waals surface area contributed by atoms with E-state index in [1.807, 2.05) is 6.07 Å². The second-order valence-corrected chi connectivity index (χ2v) is 4.47. The average Bonchev–Trinajstić information content (AvgIpc) is 2.50. The van der Waals surface area contributed by atoms with Crippen molar-refractivity contribution in [1.82, 2.24) is 0 Å². The fourth-order valence-electron chi connectivity index (χ4n) is 2.02. The van der Waals surface area contributed by atoms with Crippen LogP contribution in [0.5, 0.6) is 0 Å². The van der Waals surface area contributed by atoms with Gasteiger partial charge in [0.1, 0.15) is 23.2 Å². The predicted octanol–water partition coefficient (Wildman–Crippen LogP) is 2.91. The number of nitrogens with zero attached hydrogens (tertiary/aromatic N) is 1. The minimum Gasteiger partial charge on any atom is -0.409 e. The molecule has 0 heterocycles. The fraction of sp³-hybridized carbons (Fsp3) is 0.133. The van der Waals surface area contributed by atoms with Gasteiger partial charge in [-0.2, -0.15) is 0 Å². The Morgan fingerprint density at radius 3 is 2.29 bits per heavy atom. The van der Waals surface area contributed by atoms with E-state index in [9.17, 15) is 8.78 Å². The largest absolute Gasteiger partial charge is 0.409 e. The molecule has 2 rings (SSSR count). The molecule has 21 heavy (non-hydrogen) atoms. The summed E-state index contributed by atoms with van der Waals surface area (Å²) in [5.41, 5.74) is 6.20. The first-order valence-electron chi connectivity index (χ1n) is 6.33. The van der Waals surface area contributed by atoms with Crippen LogP contribution in [0.2, 0.25) is 0 Å². The van der Waals surface area contributed by atoms with Gasteiger partial charge in [0.05, 0.1) is 5.92 Å². The maximum atomic E-state index is 13.6. The minimum atomic E-state index is -0.693.